The van der Waals surface area contributed by atoms with Gasteiger partial charge in [-0.25, -0.2) is 4.98 Å². The molecule has 1 saturated heterocycles. The van der Waals surface area contributed by atoms with E-state index in [1.165, 1.54) is 0 Å². The molecule has 0 atom stereocenters. The number of nitrogens with one attached hydrogen (secondary N) is 1. The van der Waals surface area contributed by atoms with Crippen molar-refractivity contribution >= 4 is 49.6 Å². The molecule has 1 N–H and O–H groups in total. The van der Waals surface area contributed by atoms with Crippen LogP contribution in [0, 0.1) is 12.8 Å². The van der Waals surface area contributed by atoms with E-state index < -0.39 is 0 Å². The minimum absolute atomic E-state index is 0.182. The monoisotopic (exact) mass is 488 g/mol. The predicted molar refractivity (Wildman–Crippen MR) is 147 cm³/mol. The highest BCUT2D eigenvalue weighted by atomic mass is 16.2. The Bertz CT molecular complexity index is 1750. The van der Waals surface area contributed by atoms with Gasteiger partial charge in [0.2, 0.25) is 5.91 Å². The number of carbonyl (C=O) groups excluding carboxylic acids is 1. The molecule has 0 radical (unpaired) electrons. The highest BCUT2D eigenvalue weighted by molar-refractivity contribution is 6.21. The topological polar surface area (TPSA) is 79.7 Å². The molecule has 6 aromatic rings. The lowest BCUT2D eigenvalue weighted by molar-refractivity contribution is -0.133. The highest BCUT2D eigenvalue weighted by Crippen LogP contribution is 2.37. The van der Waals surface area contributed by atoms with Crippen molar-refractivity contribution in [3.8, 4) is 11.4 Å². The van der Waals surface area contributed by atoms with Gasteiger partial charge in [0, 0.05) is 58.4 Å². The zero-order valence-corrected chi connectivity index (χ0v) is 21.0. The molecule has 0 unspecified atom stereocenters. The summed E-state index contributed by atoms with van der Waals surface area (Å²) in [6.07, 6.45) is 5.75. The fourth-order valence-corrected chi connectivity index (χ4v) is 5.89. The van der Waals surface area contributed by atoms with E-state index >= 15 is 0 Å². The molecule has 0 aliphatic carbocycles. The second kappa shape index (κ2) is 8.40. The molecule has 0 bridgehead atoms. The van der Waals surface area contributed by atoms with E-state index in [1.54, 1.807) is 12.4 Å². The van der Waals surface area contributed by atoms with Crippen LogP contribution in [0.5, 0.6) is 0 Å². The van der Waals surface area contributed by atoms with Crippen LogP contribution < -0.4 is 0 Å². The number of para-hydroxylation sites is 1. The van der Waals surface area contributed by atoms with E-state index in [-0.39, 0.29) is 5.91 Å². The molecule has 7 nitrogen and oxygen atoms in total. The summed E-state index contributed by atoms with van der Waals surface area (Å²) in [7, 11) is 0. The van der Waals surface area contributed by atoms with Crippen molar-refractivity contribution in [1.29, 1.82) is 0 Å². The molecule has 5 heterocycles. The van der Waals surface area contributed by atoms with Gasteiger partial charge >= 0.3 is 0 Å². The molecule has 7 rings (SSSR count). The second-order valence-corrected chi connectivity index (χ2v) is 10.2. The van der Waals surface area contributed by atoms with E-state index in [9.17, 15) is 4.79 Å². The lowest BCUT2D eigenvalue weighted by Gasteiger charge is -2.30. The summed E-state index contributed by atoms with van der Waals surface area (Å²) in [6.45, 7) is 6.38. The van der Waals surface area contributed by atoms with Crippen molar-refractivity contribution in [2.75, 3.05) is 13.1 Å². The van der Waals surface area contributed by atoms with Gasteiger partial charge in [0.05, 0.1) is 22.1 Å². The molecule has 1 fully saturated rings. The average Bonchev–Trinajstić information content (AvgIpc) is 3.49. The molecule has 2 aromatic carbocycles. The van der Waals surface area contributed by atoms with Crippen LogP contribution in [-0.2, 0) is 11.3 Å². The number of likely N-dealkylation sites (tertiary alicyclic amines) is 1. The van der Waals surface area contributed by atoms with Gasteiger partial charge in [-0.2, -0.15) is 0 Å². The number of piperidine rings is 1. The maximum absolute atomic E-state index is 13.3. The zero-order chi connectivity index (χ0) is 25.1. The number of amides is 1. The molecule has 4 aromatic heterocycles. The summed E-state index contributed by atoms with van der Waals surface area (Å²) in [6, 6.07) is 16.3. The van der Waals surface area contributed by atoms with Gasteiger partial charge in [0.25, 0.3) is 0 Å². The first-order valence-electron chi connectivity index (χ1n) is 13.0. The molecule has 0 saturated carbocycles. The van der Waals surface area contributed by atoms with Gasteiger partial charge in [-0.3, -0.25) is 14.8 Å². The fraction of sp³-hybridized carbons (Fsp3) is 0.267. The van der Waals surface area contributed by atoms with Crippen LogP contribution in [0.4, 0.5) is 0 Å². The summed E-state index contributed by atoms with van der Waals surface area (Å²) in [5.74, 6) is 1.67. The molecule has 1 amide bonds. The van der Waals surface area contributed by atoms with Crippen molar-refractivity contribution in [3.63, 3.8) is 0 Å². The third-order valence-electron chi connectivity index (χ3n) is 7.97. The number of pyridine rings is 2. The van der Waals surface area contributed by atoms with Gasteiger partial charge in [-0.05, 0) is 56.0 Å². The number of benzene rings is 2. The first kappa shape index (κ1) is 22.0. The van der Waals surface area contributed by atoms with Gasteiger partial charge < -0.3 is 14.5 Å². The van der Waals surface area contributed by atoms with Gasteiger partial charge in [-0.1, -0.05) is 25.1 Å². The van der Waals surface area contributed by atoms with Crippen LogP contribution >= 0.6 is 0 Å². The minimum atomic E-state index is 0.182. The van der Waals surface area contributed by atoms with E-state index in [4.69, 9.17) is 4.98 Å². The lowest BCUT2D eigenvalue weighted by Crippen LogP contribution is -2.39. The maximum Gasteiger partial charge on any atom is 0.242 e. The van der Waals surface area contributed by atoms with E-state index in [0.717, 1.165) is 86.8 Å². The predicted octanol–water partition coefficient (Wildman–Crippen LogP) is 5.85. The molecular formula is C30H28N6O. The Morgan fingerprint density at radius 2 is 1.59 bits per heavy atom. The van der Waals surface area contributed by atoms with Crippen LogP contribution in [0.1, 0.15) is 25.5 Å². The molecule has 1 aliphatic rings. The highest BCUT2D eigenvalue weighted by Gasteiger charge is 2.24. The Morgan fingerprint density at radius 3 is 2.38 bits per heavy atom. The summed E-state index contributed by atoms with van der Waals surface area (Å²) in [4.78, 5) is 33.4. The quantitative estimate of drug-likeness (QED) is 0.317. The average molecular weight is 489 g/mol. The van der Waals surface area contributed by atoms with Crippen LogP contribution in [0.15, 0.2) is 60.9 Å². The van der Waals surface area contributed by atoms with E-state index in [0.29, 0.717) is 12.5 Å². The first-order valence-corrected chi connectivity index (χ1v) is 13.0. The van der Waals surface area contributed by atoms with Crippen molar-refractivity contribution in [2.45, 2.75) is 33.2 Å². The normalized spacial score (nSPS) is 14.9. The summed E-state index contributed by atoms with van der Waals surface area (Å²) >= 11 is 0. The Kier molecular flexibility index (Phi) is 4.99. The molecular weight excluding hydrogens is 460 g/mol. The summed E-state index contributed by atoms with van der Waals surface area (Å²) in [5.41, 5.74) is 6.66. The van der Waals surface area contributed by atoms with Crippen LogP contribution in [0.3, 0.4) is 0 Å². The standard InChI is InChI=1S/C30H28N6O/c1-18-11-15-35(16-12-18)24(37)17-36-19(2)25(20-7-3-4-10-23(20)36)30-33-28-21-8-5-13-31-26(21)27-22(29(28)34-30)9-6-14-32-27/h3-10,13-14,18H,11-12,15-17H2,1-2H3,(H,33,34). The molecule has 184 valence electrons. The summed E-state index contributed by atoms with van der Waals surface area (Å²) < 4.78 is 2.15. The number of nitrogens with zero attached hydrogens (tertiary/aromatic N) is 5. The molecule has 0 spiro atoms. The number of hydrogen-bond acceptors (Lipinski definition) is 4. The summed E-state index contributed by atoms with van der Waals surface area (Å²) in [5, 5.41) is 3.06. The van der Waals surface area contributed by atoms with E-state index in [2.05, 4.69) is 57.6 Å². The van der Waals surface area contributed by atoms with E-state index in [1.807, 2.05) is 29.2 Å². The minimum Gasteiger partial charge on any atom is -0.341 e. The Labute approximate surface area is 214 Å². The number of aromatic nitrogens is 5. The Balaban J connectivity index is 1.41. The number of carbonyl (C=O) groups is 1. The third-order valence-corrected chi connectivity index (χ3v) is 7.97. The smallest absolute Gasteiger partial charge is 0.242 e. The number of rotatable bonds is 3. The zero-order valence-electron chi connectivity index (χ0n) is 21.0. The number of imidazole rings is 1. The second-order valence-electron chi connectivity index (χ2n) is 10.2. The molecule has 37 heavy (non-hydrogen) atoms. The van der Waals surface area contributed by atoms with Crippen molar-refractivity contribution < 1.29 is 4.79 Å². The number of hydrogen-bond donors (Lipinski definition) is 1. The van der Waals surface area contributed by atoms with Gasteiger partial charge in [0.15, 0.2) is 0 Å². The SMILES string of the molecule is Cc1c(-c2nc3c4cccnc4c4ncccc4c3[nH]2)c2ccccc2n1CC(=O)N1CCC(C)CC1. The van der Waals surface area contributed by atoms with Crippen molar-refractivity contribution in [1.82, 2.24) is 29.4 Å². The fourth-order valence-electron chi connectivity index (χ4n) is 5.89. The largest absolute Gasteiger partial charge is 0.341 e. The van der Waals surface area contributed by atoms with Crippen LogP contribution in [0.25, 0.3) is 55.1 Å². The van der Waals surface area contributed by atoms with Gasteiger partial charge in [0.1, 0.15) is 12.4 Å². The number of H-pyrrole nitrogens is 1. The third kappa shape index (κ3) is 3.41. The van der Waals surface area contributed by atoms with Crippen molar-refractivity contribution in [3.05, 3.63) is 66.6 Å². The maximum atomic E-state index is 13.3. The lowest BCUT2D eigenvalue weighted by atomic mass is 9.99. The van der Waals surface area contributed by atoms with Crippen LogP contribution in [-0.4, -0.2) is 48.4 Å². The van der Waals surface area contributed by atoms with Crippen molar-refractivity contribution in [2.24, 2.45) is 5.92 Å². The van der Waals surface area contributed by atoms with Crippen LogP contribution in [0.2, 0.25) is 0 Å². The molecule has 7 heteroatoms. The van der Waals surface area contributed by atoms with Gasteiger partial charge in [-0.15, -0.1) is 0 Å². The number of fused-ring (bicyclic) bond motifs is 7. The Hall–Kier alpha value is -4.26. The first-order chi connectivity index (χ1) is 18.1. The number of aromatic amines is 1. The Morgan fingerprint density at radius 1 is 0.919 bits per heavy atom. The molecule has 1 aliphatic heterocycles.